The second-order valence-corrected chi connectivity index (χ2v) is 7.12. The lowest BCUT2D eigenvalue weighted by Gasteiger charge is -2.29. The van der Waals surface area contributed by atoms with Gasteiger partial charge in [-0.15, -0.1) is 0 Å². The minimum Gasteiger partial charge on any atom is -0.504 e. The molecule has 2 N–H and O–H groups in total. The van der Waals surface area contributed by atoms with Crippen molar-refractivity contribution in [3.05, 3.63) is 35.3 Å². The van der Waals surface area contributed by atoms with Crippen LogP contribution in [0, 0.1) is 13.8 Å². The first-order valence-electron chi connectivity index (χ1n) is 9.42. The van der Waals surface area contributed by atoms with Gasteiger partial charge in [0.2, 0.25) is 5.91 Å². The van der Waals surface area contributed by atoms with Crippen LogP contribution in [0.3, 0.4) is 0 Å². The van der Waals surface area contributed by atoms with Crippen LogP contribution in [-0.4, -0.2) is 64.8 Å². The van der Waals surface area contributed by atoms with Crippen molar-refractivity contribution in [3.63, 3.8) is 0 Å². The summed E-state index contributed by atoms with van der Waals surface area (Å²) in [5.74, 6) is 0.446. The average molecular weight is 384 g/mol. The molecule has 2 aliphatic heterocycles. The predicted molar refractivity (Wildman–Crippen MR) is 102 cm³/mol. The van der Waals surface area contributed by atoms with E-state index in [9.17, 15) is 9.90 Å². The van der Waals surface area contributed by atoms with E-state index in [2.05, 4.69) is 15.3 Å². The van der Waals surface area contributed by atoms with Crippen molar-refractivity contribution in [1.82, 2.24) is 20.2 Å². The van der Waals surface area contributed by atoms with Crippen LogP contribution in [0.2, 0.25) is 0 Å². The molecule has 1 saturated heterocycles. The number of aromatic hydroxyl groups is 1. The largest absolute Gasteiger partial charge is 0.504 e. The molecule has 0 bridgehead atoms. The van der Waals surface area contributed by atoms with Gasteiger partial charge in [-0.05, 0) is 26.0 Å². The minimum absolute atomic E-state index is 0.0208. The highest BCUT2D eigenvalue weighted by Gasteiger charge is 2.29. The molecule has 1 amide bonds. The Labute approximate surface area is 163 Å². The van der Waals surface area contributed by atoms with E-state index < -0.39 is 0 Å². The van der Waals surface area contributed by atoms with Crippen LogP contribution in [0.25, 0.3) is 11.3 Å². The third kappa shape index (κ3) is 3.65. The van der Waals surface area contributed by atoms with Gasteiger partial charge < -0.3 is 24.8 Å². The van der Waals surface area contributed by atoms with Gasteiger partial charge in [0.15, 0.2) is 11.5 Å². The number of hydrogen-bond donors (Lipinski definition) is 2. The van der Waals surface area contributed by atoms with Crippen molar-refractivity contribution in [2.24, 2.45) is 0 Å². The molecule has 1 atom stereocenters. The molecule has 28 heavy (non-hydrogen) atoms. The summed E-state index contributed by atoms with van der Waals surface area (Å²) in [4.78, 5) is 23.6. The van der Waals surface area contributed by atoms with Crippen LogP contribution in [-0.2, 0) is 16.1 Å². The number of nitrogens with zero attached hydrogens (tertiary/aromatic N) is 3. The van der Waals surface area contributed by atoms with Crippen LogP contribution in [0.1, 0.15) is 17.0 Å². The zero-order valence-electron chi connectivity index (χ0n) is 16.1. The van der Waals surface area contributed by atoms with Gasteiger partial charge in [-0.2, -0.15) is 0 Å². The molecule has 0 aliphatic carbocycles. The van der Waals surface area contributed by atoms with Gasteiger partial charge in [0.1, 0.15) is 12.6 Å². The number of phenolic OH excluding ortho intramolecular Hbond substituents is 1. The number of ether oxygens (including phenoxy) is 2. The number of fused-ring (bicyclic) bond motifs is 1. The molecule has 8 nitrogen and oxygen atoms in total. The van der Waals surface area contributed by atoms with E-state index >= 15 is 0 Å². The highest BCUT2D eigenvalue weighted by atomic mass is 16.5. The fourth-order valence-corrected chi connectivity index (χ4v) is 3.58. The van der Waals surface area contributed by atoms with Crippen LogP contribution < -0.4 is 10.1 Å². The Morgan fingerprint density at radius 2 is 2.18 bits per heavy atom. The molecule has 1 aromatic heterocycles. The van der Waals surface area contributed by atoms with Gasteiger partial charge in [-0.1, -0.05) is 0 Å². The van der Waals surface area contributed by atoms with Crippen molar-refractivity contribution in [2.75, 3.05) is 32.9 Å². The van der Waals surface area contributed by atoms with Crippen LogP contribution in [0.4, 0.5) is 0 Å². The molecule has 3 heterocycles. The smallest absolute Gasteiger partial charge is 0.242 e. The van der Waals surface area contributed by atoms with E-state index in [1.165, 1.54) is 0 Å². The molecule has 0 spiro atoms. The predicted octanol–water partition coefficient (Wildman–Crippen LogP) is 1.18. The Bertz CT molecular complexity index is 896. The summed E-state index contributed by atoms with van der Waals surface area (Å²) in [5, 5.41) is 13.7. The van der Waals surface area contributed by atoms with E-state index in [1.54, 1.807) is 17.2 Å². The molecule has 1 fully saturated rings. The monoisotopic (exact) mass is 384 g/mol. The first-order valence-corrected chi connectivity index (χ1v) is 9.42. The lowest BCUT2D eigenvalue weighted by Crippen LogP contribution is -2.52. The Balaban J connectivity index is 1.66. The van der Waals surface area contributed by atoms with E-state index in [1.807, 2.05) is 19.9 Å². The highest BCUT2D eigenvalue weighted by Crippen LogP contribution is 2.37. The minimum atomic E-state index is -0.350. The van der Waals surface area contributed by atoms with Crippen molar-refractivity contribution in [3.8, 4) is 22.8 Å². The third-order valence-electron chi connectivity index (χ3n) is 5.00. The quantitative estimate of drug-likeness (QED) is 0.802. The fraction of sp³-hybridized carbons (Fsp3) is 0.450. The van der Waals surface area contributed by atoms with Crippen LogP contribution >= 0.6 is 0 Å². The third-order valence-corrected chi connectivity index (χ3v) is 5.00. The summed E-state index contributed by atoms with van der Waals surface area (Å²) in [6, 6.07) is 3.21. The maximum atomic E-state index is 12.9. The Morgan fingerprint density at radius 3 is 2.96 bits per heavy atom. The Morgan fingerprint density at radius 1 is 1.32 bits per heavy atom. The average Bonchev–Trinajstić information content (AvgIpc) is 2.93. The van der Waals surface area contributed by atoms with Gasteiger partial charge in [0, 0.05) is 30.4 Å². The number of phenols is 1. The number of morpholine rings is 1. The number of amides is 1. The molecular formula is C20H24N4O4. The number of benzene rings is 1. The second-order valence-electron chi connectivity index (χ2n) is 7.12. The number of carbonyl (C=O) groups excluding carboxylic acids is 1. The van der Waals surface area contributed by atoms with Gasteiger partial charge >= 0.3 is 0 Å². The van der Waals surface area contributed by atoms with E-state index in [4.69, 9.17) is 9.47 Å². The van der Waals surface area contributed by atoms with Gasteiger partial charge in [0.25, 0.3) is 0 Å². The van der Waals surface area contributed by atoms with Crippen molar-refractivity contribution in [2.45, 2.75) is 26.4 Å². The fourth-order valence-electron chi connectivity index (χ4n) is 3.58. The molecule has 4 rings (SSSR count). The van der Waals surface area contributed by atoms with E-state index in [0.717, 1.165) is 22.5 Å². The summed E-state index contributed by atoms with van der Waals surface area (Å²) >= 11 is 0. The number of hydrogen-bond acceptors (Lipinski definition) is 7. The molecule has 2 aliphatic rings. The molecule has 1 aromatic carbocycles. The Kier molecular flexibility index (Phi) is 5.15. The van der Waals surface area contributed by atoms with Crippen LogP contribution in [0.15, 0.2) is 18.3 Å². The summed E-state index contributed by atoms with van der Waals surface area (Å²) in [5.41, 5.74) is 3.78. The second kappa shape index (κ2) is 7.73. The standard InChI is InChI=1S/C20H24N4O4/c1-12-9-22-13(2)18(23-12)14-7-15-10-24(4-6-28-19(15)17(25)8-14)20(26)16-11-27-5-3-21-16/h7-9,16,21,25H,3-6,10-11H2,1-2H3. The maximum Gasteiger partial charge on any atom is 0.242 e. The SMILES string of the molecule is Cc1cnc(C)c(-c2cc(O)c3c(c2)CN(C(=O)C2COCCN2)CCO3)n1. The van der Waals surface area contributed by atoms with E-state index in [0.29, 0.717) is 50.9 Å². The number of nitrogens with one attached hydrogen (secondary N) is 1. The first-order chi connectivity index (χ1) is 13.5. The topological polar surface area (TPSA) is 96.8 Å². The summed E-state index contributed by atoms with van der Waals surface area (Å²) in [6.07, 6.45) is 1.71. The zero-order chi connectivity index (χ0) is 19.7. The summed E-state index contributed by atoms with van der Waals surface area (Å²) < 4.78 is 11.2. The van der Waals surface area contributed by atoms with Gasteiger partial charge in [-0.25, -0.2) is 4.98 Å². The number of rotatable bonds is 2. The molecule has 0 saturated carbocycles. The normalized spacial score (nSPS) is 19.5. The molecular weight excluding hydrogens is 360 g/mol. The molecule has 8 heteroatoms. The molecule has 0 radical (unpaired) electrons. The summed E-state index contributed by atoms with van der Waals surface area (Å²) in [6.45, 7) is 6.52. The van der Waals surface area contributed by atoms with Crippen molar-refractivity contribution >= 4 is 5.91 Å². The number of carbonyl (C=O) groups is 1. The maximum absolute atomic E-state index is 12.9. The van der Waals surface area contributed by atoms with Crippen molar-refractivity contribution in [1.29, 1.82) is 0 Å². The molecule has 148 valence electrons. The van der Waals surface area contributed by atoms with Gasteiger partial charge in [0.05, 0.1) is 36.8 Å². The first kappa shape index (κ1) is 18.6. The van der Waals surface area contributed by atoms with Crippen molar-refractivity contribution < 1.29 is 19.4 Å². The highest BCUT2D eigenvalue weighted by molar-refractivity contribution is 5.82. The van der Waals surface area contributed by atoms with E-state index in [-0.39, 0.29) is 17.7 Å². The summed E-state index contributed by atoms with van der Waals surface area (Å²) in [7, 11) is 0. The van der Waals surface area contributed by atoms with Gasteiger partial charge in [-0.3, -0.25) is 9.78 Å². The molecule has 2 aromatic rings. The number of aromatic nitrogens is 2. The Hall–Kier alpha value is -2.71. The zero-order valence-corrected chi connectivity index (χ0v) is 16.1. The van der Waals surface area contributed by atoms with Crippen LogP contribution in [0.5, 0.6) is 11.5 Å². The number of aryl methyl sites for hydroxylation is 2. The molecule has 1 unspecified atom stereocenters. The lowest BCUT2D eigenvalue weighted by atomic mass is 10.0. The lowest BCUT2D eigenvalue weighted by molar-refractivity contribution is -0.137.